The number of fused-ring (bicyclic) bond motifs is 1. The lowest BCUT2D eigenvalue weighted by Crippen LogP contribution is -2.22. The van der Waals surface area contributed by atoms with Crippen LogP contribution in [0.2, 0.25) is 0 Å². The quantitative estimate of drug-likeness (QED) is 0.626. The average Bonchev–Trinajstić information content (AvgIpc) is 2.65. The lowest BCUT2D eigenvalue weighted by molar-refractivity contribution is -0.119. The second kappa shape index (κ2) is 1.77. The molecule has 0 heterocycles. The zero-order valence-electron chi connectivity index (χ0n) is 7.29. The van der Waals surface area contributed by atoms with Crippen LogP contribution in [0.5, 0.6) is 0 Å². The lowest BCUT2D eigenvalue weighted by atomic mass is 9.83. The van der Waals surface area contributed by atoms with Crippen LogP contribution in [0, 0.1) is 29.1 Å². The maximum absolute atomic E-state index is 11.4. The largest absolute Gasteiger partial charge is 0.396 e. The molecule has 1 N–H and O–H groups in total. The van der Waals surface area contributed by atoms with E-state index in [1.807, 2.05) is 0 Å². The minimum Gasteiger partial charge on any atom is -0.396 e. The number of rotatable bonds is 1. The third-order valence-electron chi connectivity index (χ3n) is 4.35. The Balaban J connectivity index is 1.96. The van der Waals surface area contributed by atoms with E-state index in [1.54, 1.807) is 0 Å². The van der Waals surface area contributed by atoms with Crippen LogP contribution in [0.25, 0.3) is 0 Å². The first-order valence-corrected chi connectivity index (χ1v) is 4.81. The second-order valence-electron chi connectivity index (χ2n) is 5.08. The highest BCUT2D eigenvalue weighted by Crippen LogP contribution is 2.73. The molecule has 2 nitrogen and oxygen atoms in total. The number of aliphatic hydroxyl groups excluding tert-OH is 1. The normalized spacial score (nSPS) is 60.7. The molecule has 0 aromatic heterocycles. The van der Waals surface area contributed by atoms with Crippen molar-refractivity contribution < 1.29 is 9.90 Å². The average molecular weight is 166 g/mol. The van der Waals surface area contributed by atoms with Crippen LogP contribution < -0.4 is 0 Å². The first-order chi connectivity index (χ1) is 5.67. The van der Waals surface area contributed by atoms with Crippen molar-refractivity contribution >= 4 is 5.78 Å². The molecule has 5 atom stereocenters. The first-order valence-electron chi connectivity index (χ1n) is 4.81. The summed E-state index contributed by atoms with van der Waals surface area (Å²) >= 11 is 0. The number of ketones is 1. The fourth-order valence-corrected chi connectivity index (χ4v) is 3.88. The van der Waals surface area contributed by atoms with Gasteiger partial charge in [-0.2, -0.15) is 0 Å². The number of hydrogen-bond acceptors (Lipinski definition) is 2. The molecule has 0 radical (unpaired) electrons. The van der Waals surface area contributed by atoms with Gasteiger partial charge < -0.3 is 5.11 Å². The van der Waals surface area contributed by atoms with E-state index in [9.17, 15) is 9.90 Å². The molecule has 3 aliphatic rings. The van der Waals surface area contributed by atoms with Gasteiger partial charge in [0.05, 0.1) is 0 Å². The van der Waals surface area contributed by atoms with E-state index in [2.05, 4.69) is 6.92 Å². The van der Waals surface area contributed by atoms with Crippen molar-refractivity contribution in [2.45, 2.75) is 19.8 Å². The maximum Gasteiger partial charge on any atom is 0.136 e. The monoisotopic (exact) mass is 166 g/mol. The SMILES string of the molecule is CC1(CO)CC2CC(=O)C3C2C31. The van der Waals surface area contributed by atoms with Gasteiger partial charge in [0.1, 0.15) is 5.78 Å². The van der Waals surface area contributed by atoms with E-state index < -0.39 is 0 Å². The Morgan fingerprint density at radius 3 is 2.92 bits per heavy atom. The van der Waals surface area contributed by atoms with Gasteiger partial charge in [0.2, 0.25) is 0 Å². The zero-order valence-corrected chi connectivity index (χ0v) is 7.29. The minimum absolute atomic E-state index is 0.0894. The molecule has 0 aliphatic heterocycles. The summed E-state index contributed by atoms with van der Waals surface area (Å²) in [5.41, 5.74) is 0.0894. The highest BCUT2D eigenvalue weighted by atomic mass is 16.3. The summed E-state index contributed by atoms with van der Waals surface area (Å²) in [7, 11) is 0. The molecule has 0 spiro atoms. The van der Waals surface area contributed by atoms with Gasteiger partial charge in [-0.3, -0.25) is 4.79 Å². The topological polar surface area (TPSA) is 37.3 Å². The number of aliphatic hydroxyl groups is 1. The summed E-state index contributed by atoms with van der Waals surface area (Å²) < 4.78 is 0. The summed E-state index contributed by atoms with van der Waals surface area (Å²) in [5, 5.41) is 9.26. The number of carbonyl (C=O) groups excluding carboxylic acids is 1. The predicted octanol–water partition coefficient (Wildman–Crippen LogP) is 0.840. The maximum atomic E-state index is 11.4. The molecule has 66 valence electrons. The molecule has 3 rings (SSSR count). The Morgan fingerprint density at radius 1 is 1.67 bits per heavy atom. The molecule has 0 bridgehead atoms. The van der Waals surface area contributed by atoms with Gasteiger partial charge in [-0.25, -0.2) is 0 Å². The van der Waals surface area contributed by atoms with Gasteiger partial charge in [0.15, 0.2) is 0 Å². The van der Waals surface area contributed by atoms with Crippen molar-refractivity contribution in [3.8, 4) is 0 Å². The number of hydrogen-bond donors (Lipinski definition) is 1. The van der Waals surface area contributed by atoms with Crippen LogP contribution in [0.15, 0.2) is 0 Å². The molecule has 0 saturated heterocycles. The van der Waals surface area contributed by atoms with Crippen LogP contribution in [0.1, 0.15) is 19.8 Å². The molecular weight excluding hydrogens is 152 g/mol. The standard InChI is InChI=1S/C10H14O2/c1-10(4-11)3-5-2-6(12)8-7(5)9(8)10/h5,7-9,11H,2-4H2,1H3. The van der Waals surface area contributed by atoms with Gasteiger partial charge in [-0.15, -0.1) is 0 Å². The summed E-state index contributed by atoms with van der Waals surface area (Å²) in [6.07, 6.45) is 1.89. The Labute approximate surface area is 72.0 Å². The van der Waals surface area contributed by atoms with E-state index >= 15 is 0 Å². The van der Waals surface area contributed by atoms with E-state index in [4.69, 9.17) is 0 Å². The van der Waals surface area contributed by atoms with Crippen molar-refractivity contribution in [2.24, 2.45) is 29.1 Å². The van der Waals surface area contributed by atoms with E-state index in [-0.39, 0.29) is 12.0 Å². The van der Waals surface area contributed by atoms with Gasteiger partial charge in [0, 0.05) is 18.9 Å². The molecule has 0 aromatic rings. The van der Waals surface area contributed by atoms with Crippen LogP contribution in [-0.2, 0) is 4.79 Å². The summed E-state index contributed by atoms with van der Waals surface area (Å²) in [6, 6.07) is 0. The molecule has 3 fully saturated rings. The molecule has 2 heteroatoms. The Hall–Kier alpha value is -0.370. The van der Waals surface area contributed by atoms with E-state index in [0.29, 0.717) is 29.5 Å². The third kappa shape index (κ3) is 0.565. The van der Waals surface area contributed by atoms with Crippen molar-refractivity contribution in [3.63, 3.8) is 0 Å². The van der Waals surface area contributed by atoms with Crippen molar-refractivity contribution in [1.29, 1.82) is 0 Å². The fraction of sp³-hybridized carbons (Fsp3) is 0.900. The van der Waals surface area contributed by atoms with E-state index in [0.717, 1.165) is 12.8 Å². The lowest BCUT2D eigenvalue weighted by Gasteiger charge is -2.23. The molecule has 12 heavy (non-hydrogen) atoms. The molecule has 0 amide bonds. The number of carbonyl (C=O) groups is 1. The Bertz CT molecular complexity index is 261. The molecular formula is C10H14O2. The molecule has 3 aliphatic carbocycles. The van der Waals surface area contributed by atoms with Crippen molar-refractivity contribution in [1.82, 2.24) is 0 Å². The fourth-order valence-electron chi connectivity index (χ4n) is 3.88. The molecule has 3 saturated carbocycles. The van der Waals surface area contributed by atoms with Gasteiger partial charge in [-0.1, -0.05) is 6.92 Å². The predicted molar refractivity (Wildman–Crippen MR) is 43.4 cm³/mol. The summed E-state index contributed by atoms with van der Waals surface area (Å²) in [6.45, 7) is 2.41. The summed E-state index contributed by atoms with van der Waals surface area (Å²) in [5.74, 6) is 2.70. The molecule has 5 unspecified atom stereocenters. The van der Waals surface area contributed by atoms with E-state index in [1.165, 1.54) is 0 Å². The Morgan fingerprint density at radius 2 is 2.42 bits per heavy atom. The minimum atomic E-state index is 0.0894. The summed E-state index contributed by atoms with van der Waals surface area (Å²) in [4.78, 5) is 11.4. The smallest absolute Gasteiger partial charge is 0.136 e. The van der Waals surface area contributed by atoms with Crippen LogP contribution in [-0.4, -0.2) is 17.5 Å². The van der Waals surface area contributed by atoms with Crippen molar-refractivity contribution in [3.05, 3.63) is 0 Å². The van der Waals surface area contributed by atoms with Crippen molar-refractivity contribution in [2.75, 3.05) is 6.61 Å². The highest BCUT2D eigenvalue weighted by Gasteiger charge is 2.73. The highest BCUT2D eigenvalue weighted by molar-refractivity contribution is 5.88. The van der Waals surface area contributed by atoms with Crippen LogP contribution >= 0.6 is 0 Å². The van der Waals surface area contributed by atoms with Gasteiger partial charge in [-0.05, 0) is 29.6 Å². The van der Waals surface area contributed by atoms with Gasteiger partial charge >= 0.3 is 0 Å². The Kier molecular flexibility index (Phi) is 1.04. The number of Topliss-reactive ketones (excluding diaryl/α,β-unsaturated/α-hetero) is 1. The van der Waals surface area contributed by atoms with Gasteiger partial charge in [0.25, 0.3) is 0 Å². The zero-order chi connectivity index (χ0) is 8.51. The third-order valence-corrected chi connectivity index (χ3v) is 4.35. The first kappa shape index (κ1) is 7.07. The second-order valence-corrected chi connectivity index (χ2v) is 5.08. The van der Waals surface area contributed by atoms with Crippen LogP contribution in [0.3, 0.4) is 0 Å². The van der Waals surface area contributed by atoms with Crippen LogP contribution in [0.4, 0.5) is 0 Å². The molecule has 0 aromatic carbocycles.